The third kappa shape index (κ3) is 3.21. The summed E-state index contributed by atoms with van der Waals surface area (Å²) in [4.78, 5) is 18.9. The highest BCUT2D eigenvalue weighted by Crippen LogP contribution is 2.34. The van der Waals surface area contributed by atoms with Crippen molar-refractivity contribution < 1.29 is 4.92 Å². The molecule has 4 N–H and O–H groups in total. The fourth-order valence-corrected chi connectivity index (χ4v) is 2.91. The van der Waals surface area contributed by atoms with Gasteiger partial charge >= 0.3 is 5.69 Å². The maximum Gasteiger partial charge on any atom is 0.332 e. The average molecular weight is 294 g/mol. The molecular weight excluding hydrogens is 272 g/mol. The van der Waals surface area contributed by atoms with Crippen LogP contribution in [0.4, 0.5) is 17.5 Å². The molecule has 8 nitrogen and oxygen atoms in total. The van der Waals surface area contributed by atoms with Crippen molar-refractivity contribution in [3.63, 3.8) is 0 Å². The number of nitrogens with two attached hydrogens (primary N) is 1. The zero-order valence-corrected chi connectivity index (χ0v) is 12.6. The minimum Gasteiger partial charge on any atom is -0.361 e. The zero-order chi connectivity index (χ0) is 15.6. The van der Waals surface area contributed by atoms with Crippen LogP contribution in [0.2, 0.25) is 0 Å². The van der Waals surface area contributed by atoms with E-state index >= 15 is 0 Å². The van der Waals surface area contributed by atoms with E-state index in [0.29, 0.717) is 17.5 Å². The van der Waals surface area contributed by atoms with E-state index in [4.69, 9.17) is 5.84 Å². The molecule has 21 heavy (non-hydrogen) atoms. The van der Waals surface area contributed by atoms with E-state index in [1.807, 2.05) is 0 Å². The molecular formula is C13H22N6O2. The summed E-state index contributed by atoms with van der Waals surface area (Å²) in [5.74, 6) is 6.77. The van der Waals surface area contributed by atoms with Crippen LogP contribution in [-0.2, 0) is 0 Å². The Balaban J connectivity index is 2.33. The average Bonchev–Trinajstić information content (AvgIpc) is 2.42. The molecule has 1 aliphatic rings. The van der Waals surface area contributed by atoms with Gasteiger partial charge in [-0.05, 0) is 25.2 Å². The Morgan fingerprint density at radius 2 is 2.05 bits per heavy atom. The Morgan fingerprint density at radius 3 is 2.67 bits per heavy atom. The zero-order valence-electron chi connectivity index (χ0n) is 12.6. The lowest BCUT2D eigenvalue weighted by Gasteiger charge is -2.34. The number of nitrogens with one attached hydrogen (secondary N) is 2. The molecule has 1 heterocycles. The lowest BCUT2D eigenvalue weighted by Crippen LogP contribution is -2.35. The summed E-state index contributed by atoms with van der Waals surface area (Å²) in [5.41, 5.74) is 2.56. The third-order valence-corrected chi connectivity index (χ3v) is 4.40. The molecule has 2 rings (SSSR count). The van der Waals surface area contributed by atoms with Crippen LogP contribution in [0.15, 0.2) is 0 Å². The molecule has 0 spiro atoms. The van der Waals surface area contributed by atoms with Gasteiger partial charge in [0, 0.05) is 6.04 Å². The highest BCUT2D eigenvalue weighted by atomic mass is 16.6. The summed E-state index contributed by atoms with van der Waals surface area (Å²) in [7, 11) is 0. The fraction of sp³-hybridized carbons (Fsp3) is 0.692. The van der Waals surface area contributed by atoms with Crippen LogP contribution in [0, 0.1) is 28.9 Å². The van der Waals surface area contributed by atoms with Gasteiger partial charge < -0.3 is 5.32 Å². The summed E-state index contributed by atoms with van der Waals surface area (Å²) in [6.07, 6.45) is 3.29. The number of nitro groups is 1. The molecule has 0 bridgehead atoms. The number of rotatable bonds is 4. The summed E-state index contributed by atoms with van der Waals surface area (Å²) in [6, 6.07) is 0.173. The van der Waals surface area contributed by atoms with E-state index in [-0.39, 0.29) is 23.5 Å². The van der Waals surface area contributed by atoms with E-state index in [0.717, 1.165) is 12.8 Å². The van der Waals surface area contributed by atoms with Crippen molar-refractivity contribution in [1.82, 2.24) is 9.97 Å². The molecule has 1 fully saturated rings. The minimum absolute atomic E-state index is 0.0839. The number of aromatic nitrogens is 2. The van der Waals surface area contributed by atoms with Crippen molar-refractivity contribution in [2.75, 3.05) is 10.7 Å². The predicted molar refractivity (Wildman–Crippen MR) is 80.8 cm³/mol. The van der Waals surface area contributed by atoms with Gasteiger partial charge in [0.2, 0.25) is 11.8 Å². The van der Waals surface area contributed by atoms with Gasteiger partial charge in [-0.15, -0.1) is 0 Å². The molecule has 3 unspecified atom stereocenters. The monoisotopic (exact) mass is 294 g/mol. The molecule has 1 aliphatic carbocycles. The van der Waals surface area contributed by atoms with Crippen LogP contribution in [0.5, 0.6) is 0 Å². The molecule has 0 amide bonds. The first kappa shape index (κ1) is 15.4. The van der Waals surface area contributed by atoms with Crippen molar-refractivity contribution in [2.24, 2.45) is 17.7 Å². The standard InChI is InChI=1S/C13H22N6O2/c1-7-5-4-6-10(8(7)2)16-12-11(19(20)21)9(3)15-13(17-12)18-14/h7-8,10H,4-6,14H2,1-3H3,(H2,15,16,17,18). The van der Waals surface area contributed by atoms with Gasteiger partial charge in [-0.3, -0.25) is 15.5 Å². The number of anilines is 2. The maximum atomic E-state index is 11.3. The van der Waals surface area contributed by atoms with E-state index in [2.05, 4.69) is 34.6 Å². The Bertz CT molecular complexity index is 536. The molecule has 0 aromatic carbocycles. The first-order valence-corrected chi connectivity index (χ1v) is 7.20. The van der Waals surface area contributed by atoms with Gasteiger partial charge in [0.15, 0.2) is 0 Å². The van der Waals surface area contributed by atoms with E-state index in [9.17, 15) is 10.1 Å². The quantitative estimate of drug-likeness (QED) is 0.442. The summed E-state index contributed by atoms with van der Waals surface area (Å²) in [6.45, 7) is 5.97. The molecule has 0 radical (unpaired) electrons. The second-order valence-corrected chi connectivity index (χ2v) is 5.75. The summed E-state index contributed by atoms with van der Waals surface area (Å²) >= 11 is 0. The maximum absolute atomic E-state index is 11.3. The smallest absolute Gasteiger partial charge is 0.332 e. The Labute approximate surface area is 123 Å². The molecule has 1 saturated carbocycles. The second kappa shape index (κ2) is 6.21. The third-order valence-electron chi connectivity index (χ3n) is 4.40. The fourth-order valence-electron chi connectivity index (χ4n) is 2.91. The Hall–Kier alpha value is -1.96. The van der Waals surface area contributed by atoms with Gasteiger partial charge in [-0.25, -0.2) is 10.8 Å². The van der Waals surface area contributed by atoms with E-state index in [1.54, 1.807) is 6.92 Å². The Kier molecular flexibility index (Phi) is 4.56. The number of hydrazine groups is 1. The van der Waals surface area contributed by atoms with Gasteiger partial charge in [-0.2, -0.15) is 4.98 Å². The van der Waals surface area contributed by atoms with E-state index in [1.165, 1.54) is 6.42 Å². The highest BCUT2D eigenvalue weighted by molar-refractivity contribution is 5.61. The number of aryl methyl sites for hydroxylation is 1. The topological polar surface area (TPSA) is 119 Å². The van der Waals surface area contributed by atoms with Crippen LogP contribution >= 0.6 is 0 Å². The lowest BCUT2D eigenvalue weighted by atomic mass is 9.78. The second-order valence-electron chi connectivity index (χ2n) is 5.75. The van der Waals surface area contributed by atoms with Crippen LogP contribution in [0.3, 0.4) is 0 Å². The van der Waals surface area contributed by atoms with Crippen LogP contribution in [-0.4, -0.2) is 20.9 Å². The van der Waals surface area contributed by atoms with Crippen molar-refractivity contribution in [1.29, 1.82) is 0 Å². The van der Waals surface area contributed by atoms with Crippen molar-refractivity contribution in [2.45, 2.75) is 46.1 Å². The normalized spacial score (nSPS) is 25.4. The van der Waals surface area contributed by atoms with Crippen molar-refractivity contribution in [3.8, 4) is 0 Å². The SMILES string of the molecule is Cc1nc(NN)nc(NC2CCCC(C)C2C)c1[N+](=O)[O-]. The molecule has 3 atom stereocenters. The van der Waals surface area contributed by atoms with Crippen molar-refractivity contribution in [3.05, 3.63) is 15.8 Å². The molecule has 1 aromatic heterocycles. The van der Waals surface area contributed by atoms with Gasteiger partial charge in [0.1, 0.15) is 5.69 Å². The van der Waals surface area contributed by atoms with Crippen LogP contribution in [0.1, 0.15) is 38.8 Å². The molecule has 116 valence electrons. The number of hydrogen-bond acceptors (Lipinski definition) is 7. The summed E-state index contributed by atoms with van der Waals surface area (Å²) < 4.78 is 0. The molecule has 0 aliphatic heterocycles. The first-order valence-electron chi connectivity index (χ1n) is 7.20. The molecule has 0 saturated heterocycles. The molecule has 1 aromatic rings. The number of nitrogen functional groups attached to an aromatic ring is 1. The minimum atomic E-state index is -0.450. The van der Waals surface area contributed by atoms with Gasteiger partial charge in [-0.1, -0.05) is 26.7 Å². The molecule has 8 heteroatoms. The highest BCUT2D eigenvalue weighted by Gasteiger charge is 2.30. The van der Waals surface area contributed by atoms with Crippen molar-refractivity contribution >= 4 is 17.5 Å². The first-order chi connectivity index (χ1) is 9.93. The number of hydrogen-bond donors (Lipinski definition) is 3. The number of nitrogens with zero attached hydrogens (tertiary/aromatic N) is 3. The van der Waals surface area contributed by atoms with Gasteiger partial charge in [0.25, 0.3) is 0 Å². The summed E-state index contributed by atoms with van der Waals surface area (Å²) in [5, 5.41) is 14.5. The lowest BCUT2D eigenvalue weighted by molar-refractivity contribution is -0.385. The van der Waals surface area contributed by atoms with Crippen LogP contribution < -0.4 is 16.6 Å². The predicted octanol–water partition coefficient (Wildman–Crippen LogP) is 2.22. The van der Waals surface area contributed by atoms with E-state index < -0.39 is 4.92 Å². The Morgan fingerprint density at radius 1 is 1.33 bits per heavy atom. The largest absolute Gasteiger partial charge is 0.361 e. The van der Waals surface area contributed by atoms with Gasteiger partial charge in [0.05, 0.1) is 4.92 Å². The van der Waals surface area contributed by atoms with Crippen LogP contribution in [0.25, 0.3) is 0 Å².